The molecule has 56 heavy (non-hydrogen) atoms. The number of amides is 4. The first-order valence-electron chi connectivity index (χ1n) is 19.2. The number of hydrogen-bond donors (Lipinski definition) is 3. The van der Waals surface area contributed by atoms with Gasteiger partial charge in [0, 0.05) is 18.9 Å². The molecule has 5 atom stereocenters. The zero-order valence-electron chi connectivity index (χ0n) is 33.4. The van der Waals surface area contributed by atoms with Crippen molar-refractivity contribution in [2.24, 2.45) is 11.3 Å². The first-order valence-corrected chi connectivity index (χ1v) is 22.4. The van der Waals surface area contributed by atoms with E-state index in [1.807, 2.05) is 49.4 Å². The SMILES string of the molecule is C=C[C@@H]1C[C@]1(NC(=O)[C@@H]1C[C@](c2ccc(-c3ccccc3)cc2)(S(=O)(=O)CCCC)CN1C(=O)[C@@H](NC(=O)OC(C)(C)C)C(C)(C)C)C(=O)NS(=O)(=O)C1CC1. The number of ether oxygens (including phenoxy) is 1. The fourth-order valence-corrected chi connectivity index (χ4v) is 11.0. The Hall–Kier alpha value is -4.24. The van der Waals surface area contributed by atoms with Gasteiger partial charge in [0.15, 0.2) is 9.84 Å². The van der Waals surface area contributed by atoms with Gasteiger partial charge in [-0.15, -0.1) is 6.58 Å². The highest BCUT2D eigenvalue weighted by molar-refractivity contribution is 7.92. The van der Waals surface area contributed by atoms with Gasteiger partial charge in [-0.25, -0.2) is 21.6 Å². The Labute approximate surface area is 331 Å². The van der Waals surface area contributed by atoms with Gasteiger partial charge in [0.2, 0.25) is 21.8 Å². The zero-order valence-corrected chi connectivity index (χ0v) is 35.0. The third-order valence-electron chi connectivity index (χ3n) is 10.8. The van der Waals surface area contributed by atoms with E-state index in [0.29, 0.717) is 31.2 Å². The van der Waals surface area contributed by atoms with Gasteiger partial charge in [-0.1, -0.05) is 94.8 Å². The fourth-order valence-electron chi connectivity index (χ4n) is 7.34. The van der Waals surface area contributed by atoms with E-state index in [9.17, 15) is 36.0 Å². The molecule has 0 unspecified atom stereocenters. The average molecular weight is 813 g/mol. The van der Waals surface area contributed by atoms with E-state index in [4.69, 9.17) is 4.74 Å². The fraction of sp³-hybridized carbons (Fsp3) is 0.561. The number of carbonyl (C=O) groups is 4. The van der Waals surface area contributed by atoms with Crippen LogP contribution < -0.4 is 15.4 Å². The van der Waals surface area contributed by atoms with E-state index in [0.717, 1.165) is 11.1 Å². The summed E-state index contributed by atoms with van der Waals surface area (Å²) in [6.45, 7) is 15.4. The maximum Gasteiger partial charge on any atom is 0.408 e. The summed E-state index contributed by atoms with van der Waals surface area (Å²) in [5.74, 6) is -3.31. The lowest BCUT2D eigenvalue weighted by Gasteiger charge is -2.36. The van der Waals surface area contributed by atoms with Crippen LogP contribution in [0.1, 0.15) is 92.6 Å². The summed E-state index contributed by atoms with van der Waals surface area (Å²) >= 11 is 0. The Morgan fingerprint density at radius 1 is 0.929 bits per heavy atom. The molecule has 4 amide bonds. The molecule has 3 aliphatic rings. The Kier molecular flexibility index (Phi) is 11.9. The van der Waals surface area contributed by atoms with Crippen LogP contribution in [0.4, 0.5) is 4.79 Å². The number of rotatable bonds is 14. The van der Waals surface area contributed by atoms with Gasteiger partial charge in [-0.05, 0) is 68.6 Å². The normalized spacial score (nSPS) is 24.4. The monoisotopic (exact) mass is 812 g/mol. The van der Waals surface area contributed by atoms with Gasteiger partial charge >= 0.3 is 6.09 Å². The first-order chi connectivity index (χ1) is 26.0. The number of nitrogens with one attached hydrogen (secondary N) is 3. The summed E-state index contributed by atoms with van der Waals surface area (Å²) in [4.78, 5) is 57.6. The van der Waals surface area contributed by atoms with E-state index in [1.165, 1.54) is 11.0 Å². The van der Waals surface area contributed by atoms with Gasteiger partial charge < -0.3 is 20.3 Å². The summed E-state index contributed by atoms with van der Waals surface area (Å²) in [5.41, 5.74) is -1.39. The van der Waals surface area contributed by atoms with E-state index in [1.54, 1.807) is 53.7 Å². The molecule has 2 aromatic rings. The van der Waals surface area contributed by atoms with Crippen molar-refractivity contribution < 1.29 is 40.8 Å². The van der Waals surface area contributed by atoms with E-state index in [-0.39, 0.29) is 18.6 Å². The molecule has 3 N–H and O–H groups in total. The molecule has 0 bridgehead atoms. The number of benzene rings is 2. The van der Waals surface area contributed by atoms with E-state index < -0.39 is 94.8 Å². The summed E-state index contributed by atoms with van der Waals surface area (Å²) in [5, 5.41) is 4.73. The van der Waals surface area contributed by atoms with Crippen LogP contribution >= 0.6 is 0 Å². The molecule has 2 saturated carbocycles. The second-order valence-electron chi connectivity index (χ2n) is 17.4. The molecule has 2 aliphatic carbocycles. The Balaban J connectivity index is 1.60. The number of alkyl carbamates (subject to hydrolysis) is 1. The first kappa shape index (κ1) is 42.9. The van der Waals surface area contributed by atoms with Crippen LogP contribution in [0.3, 0.4) is 0 Å². The van der Waals surface area contributed by atoms with Crippen molar-refractivity contribution in [2.75, 3.05) is 12.3 Å². The van der Waals surface area contributed by atoms with Gasteiger partial charge in [0.05, 0.1) is 11.0 Å². The highest BCUT2D eigenvalue weighted by Gasteiger charge is 2.64. The molecule has 1 heterocycles. The lowest BCUT2D eigenvalue weighted by atomic mass is 9.85. The van der Waals surface area contributed by atoms with Crippen LogP contribution in [0.5, 0.6) is 0 Å². The van der Waals surface area contributed by atoms with E-state index in [2.05, 4.69) is 21.9 Å². The van der Waals surface area contributed by atoms with Crippen molar-refractivity contribution in [3.05, 3.63) is 72.8 Å². The van der Waals surface area contributed by atoms with Gasteiger partial charge in [0.25, 0.3) is 5.91 Å². The molecular formula is C41H56N4O9S2. The Morgan fingerprint density at radius 3 is 2.05 bits per heavy atom. The molecule has 2 aromatic carbocycles. The average Bonchev–Trinajstić information content (AvgIpc) is 4.05. The minimum atomic E-state index is -4.10. The molecule has 5 rings (SSSR count). The maximum absolute atomic E-state index is 14.9. The Bertz CT molecular complexity index is 2050. The quantitative estimate of drug-likeness (QED) is 0.222. The predicted molar refractivity (Wildman–Crippen MR) is 214 cm³/mol. The lowest BCUT2D eigenvalue weighted by Crippen LogP contribution is -2.60. The van der Waals surface area contributed by atoms with Crippen molar-refractivity contribution in [1.29, 1.82) is 0 Å². The smallest absolute Gasteiger partial charge is 0.408 e. The van der Waals surface area contributed by atoms with Crippen molar-refractivity contribution in [2.45, 2.75) is 120 Å². The van der Waals surface area contributed by atoms with Crippen molar-refractivity contribution in [3.63, 3.8) is 0 Å². The van der Waals surface area contributed by atoms with Crippen molar-refractivity contribution in [3.8, 4) is 11.1 Å². The summed E-state index contributed by atoms with van der Waals surface area (Å²) in [7, 11) is -8.08. The number of nitrogens with zero attached hydrogens (tertiary/aromatic N) is 1. The summed E-state index contributed by atoms with van der Waals surface area (Å²) < 4.78 is 61.0. The lowest BCUT2D eigenvalue weighted by molar-refractivity contribution is -0.143. The Morgan fingerprint density at radius 2 is 1.54 bits per heavy atom. The minimum absolute atomic E-state index is 0.0562. The molecule has 3 fully saturated rings. The summed E-state index contributed by atoms with van der Waals surface area (Å²) in [6.07, 6.45) is 2.02. The third-order valence-corrected chi connectivity index (χ3v) is 15.2. The topological polar surface area (TPSA) is 185 Å². The van der Waals surface area contributed by atoms with Gasteiger partial charge in [0.1, 0.15) is 28.0 Å². The molecule has 0 radical (unpaired) electrons. The second-order valence-corrected chi connectivity index (χ2v) is 21.8. The van der Waals surface area contributed by atoms with Crippen LogP contribution in [-0.4, -0.2) is 86.3 Å². The molecule has 13 nitrogen and oxygen atoms in total. The highest BCUT2D eigenvalue weighted by atomic mass is 32.2. The zero-order chi connectivity index (χ0) is 41.5. The van der Waals surface area contributed by atoms with Crippen molar-refractivity contribution >= 4 is 43.7 Å². The number of sulfonamides is 1. The molecule has 0 aromatic heterocycles. The number of unbranched alkanes of at least 4 members (excludes halogenated alkanes) is 1. The number of hydrogen-bond acceptors (Lipinski definition) is 9. The highest BCUT2D eigenvalue weighted by Crippen LogP contribution is 2.48. The van der Waals surface area contributed by atoms with Gasteiger partial charge in [-0.3, -0.25) is 19.1 Å². The molecule has 15 heteroatoms. The molecule has 1 aliphatic heterocycles. The molecule has 306 valence electrons. The predicted octanol–water partition coefficient (Wildman–Crippen LogP) is 4.97. The van der Waals surface area contributed by atoms with Crippen LogP contribution in [0, 0.1) is 11.3 Å². The number of sulfone groups is 1. The maximum atomic E-state index is 14.9. The van der Waals surface area contributed by atoms with Crippen LogP contribution in [-0.2, 0) is 43.7 Å². The molecular weight excluding hydrogens is 757 g/mol. The second kappa shape index (κ2) is 15.6. The minimum Gasteiger partial charge on any atom is -0.444 e. The number of likely N-dealkylation sites (tertiary alicyclic amines) is 1. The number of carbonyl (C=O) groups excluding carboxylic acids is 4. The third kappa shape index (κ3) is 8.98. The van der Waals surface area contributed by atoms with Crippen LogP contribution in [0.25, 0.3) is 11.1 Å². The van der Waals surface area contributed by atoms with Gasteiger partial charge in [-0.2, -0.15) is 0 Å². The van der Waals surface area contributed by atoms with Crippen LogP contribution in [0.15, 0.2) is 67.3 Å². The molecule has 0 spiro atoms. The standard InChI is InChI=1S/C41H56N4O9S2/c1-9-11-23-55(50,51)40(30-19-17-28(18-20-30)27-15-13-12-14-16-27)25-32(45(26-40)35(47)33(38(3,4)5)42-37(49)54-39(6,7)8)34(46)43-41(24-29(41)10-2)36(48)44-56(52,53)31-21-22-31/h10,12-20,29,31-33H,2,9,11,21-26H2,1,3-8H3,(H,42,49)(H,43,46)(H,44,48)/t29-,32+,33-,40+,41-/m1/s1. The van der Waals surface area contributed by atoms with Crippen LogP contribution in [0.2, 0.25) is 0 Å². The summed E-state index contributed by atoms with van der Waals surface area (Å²) in [6, 6.07) is 13.9. The molecule has 1 saturated heterocycles. The van der Waals surface area contributed by atoms with Crippen molar-refractivity contribution in [1.82, 2.24) is 20.3 Å². The largest absolute Gasteiger partial charge is 0.444 e. The van der Waals surface area contributed by atoms with E-state index >= 15 is 0 Å².